The highest BCUT2D eigenvalue weighted by atomic mass is 35.5. The number of aryl methyl sites for hydroxylation is 4. The third kappa shape index (κ3) is 17.3. The molecule has 119 heavy (non-hydrogen) atoms. The number of para-hydroxylation sites is 4. The Kier molecular flexibility index (Phi) is 24.7. The molecule has 0 radical (unpaired) electrons. The number of fused-ring (bicyclic) bond motifs is 2. The topological polar surface area (TPSA) is 289 Å². The van der Waals surface area contributed by atoms with E-state index >= 15 is 0 Å². The number of methoxy groups -OCH3 is 1. The smallest absolute Gasteiger partial charge is 0.338 e. The molecule has 0 aliphatic carbocycles. The van der Waals surface area contributed by atoms with Crippen LogP contribution in [0.4, 0.5) is 14.5 Å². The minimum Gasteiger partial charge on any atom is -0.467 e. The Balaban J connectivity index is 0.000000130. The standard InChI is InChI=1S/C23H25N5O.C23H24N4O4.C22H16ClF2N3O2.C21H21N3O3.2CH4/c1-15-4-2-5-16(10-15)28-13-17-11-18(28)12-26(17)14-21-25-20-7-3-6-19-22(20)27(21)9-8-24-23(19)29;1-31-23(30)18(14-15-6-3-2-4-7-15)26-20(28)11-10-19-25-17-9-5-8-16-21(17)27(19)13-12-24-22(16)29;1-22(24,25)12-5-6-15(23)14(11-12)17-7-8-18(30-17)20-27-16-4-2-3-13-19(16)28(20)10-9-26-21(13)29;1-2-27-21(26)15-9-6-14(7-10-15)8-11-18-23-17-5-3-4-16-19(17)24(18)13-12-22-20(16)25;;/h2-7,10,17-18H,8-9,11-14H2,1H3,(H,24,29);2-9,18H,10-14H2,1H3,(H,24,29)(H,26,28);2-8,11H,9-10H2,1H3,(H,26,29);3-7,9-10H,2,8,11-13H2,1H3,(H,22,25);2*1H4. The SMILES string of the molecule is C.C.CC(F)(F)c1ccc(Cl)c(-c2ccc(-c3nc4cccc5c4n3CCNC5=O)o2)c1.CCOC(=O)c1ccc(CCc2nc3cccc4c3n2CCNC4=O)cc1.COC(=O)C(Cc1ccccc1)NC(=O)CCc1nc2cccc3c2n1CCNC3=O.Cc1cccc(N2CC3CC2CN3Cc2nc3cccc4c3n2CCNC4=O)c1. The molecule has 28 heteroatoms. The van der Waals surface area contributed by atoms with Crippen LogP contribution in [0.3, 0.4) is 0 Å². The molecule has 614 valence electrons. The van der Waals surface area contributed by atoms with Crippen LogP contribution in [-0.4, -0.2) is 156 Å². The van der Waals surface area contributed by atoms with Crippen LogP contribution >= 0.6 is 11.6 Å². The monoisotopic (exact) mass is 1630 g/mol. The highest BCUT2D eigenvalue weighted by Gasteiger charge is 2.44. The number of carbonyl (C=O) groups is 7. The number of esters is 2. The zero-order valence-electron chi connectivity index (χ0n) is 65.0. The van der Waals surface area contributed by atoms with Crippen molar-refractivity contribution >= 4 is 103 Å². The number of aromatic nitrogens is 8. The van der Waals surface area contributed by atoms with Crippen LogP contribution in [0, 0.1) is 6.92 Å². The highest BCUT2D eigenvalue weighted by molar-refractivity contribution is 6.33. The van der Waals surface area contributed by atoms with Crippen molar-refractivity contribution in [3.05, 3.63) is 255 Å². The number of amides is 5. The number of rotatable bonds is 18. The summed E-state index contributed by atoms with van der Waals surface area (Å²) in [4.78, 5) is 110. The Labute approximate surface area is 691 Å². The lowest BCUT2D eigenvalue weighted by Gasteiger charge is -2.35. The number of ether oxygens (including phenoxy) is 2. The van der Waals surface area contributed by atoms with Gasteiger partial charge in [-0.2, -0.15) is 0 Å². The van der Waals surface area contributed by atoms with E-state index in [-0.39, 0.29) is 62.3 Å². The second-order valence-electron chi connectivity index (χ2n) is 29.8. The number of imidazole rings is 4. The van der Waals surface area contributed by atoms with Crippen LogP contribution in [0.5, 0.6) is 0 Å². The molecule has 5 amide bonds. The maximum absolute atomic E-state index is 13.8. The first-order valence-electron chi connectivity index (χ1n) is 39.3. The average molecular weight is 1630 g/mol. The third-order valence-corrected chi connectivity index (χ3v) is 22.5. The van der Waals surface area contributed by atoms with Crippen LogP contribution in [0.1, 0.15) is 133 Å². The number of nitrogens with zero attached hydrogens (tertiary/aromatic N) is 10. The van der Waals surface area contributed by atoms with Crippen LogP contribution in [0.2, 0.25) is 5.02 Å². The van der Waals surface area contributed by atoms with Gasteiger partial charge >= 0.3 is 11.9 Å². The molecular weight excluding hydrogens is 1540 g/mol. The number of alkyl halides is 2. The van der Waals surface area contributed by atoms with Crippen molar-refractivity contribution < 1.29 is 56.2 Å². The predicted octanol–water partition coefficient (Wildman–Crippen LogP) is 13.6. The summed E-state index contributed by atoms with van der Waals surface area (Å²) in [6.07, 6.45) is 3.72. The van der Waals surface area contributed by atoms with E-state index in [0.717, 1.165) is 125 Å². The van der Waals surface area contributed by atoms with Crippen molar-refractivity contribution in [2.24, 2.45) is 0 Å². The molecule has 8 aromatic carbocycles. The van der Waals surface area contributed by atoms with Crippen LogP contribution < -0.4 is 31.5 Å². The fourth-order valence-electron chi connectivity index (χ4n) is 16.5. The minimum atomic E-state index is -2.99. The number of likely N-dealkylation sites (tertiary alicyclic amines) is 1. The summed E-state index contributed by atoms with van der Waals surface area (Å²) in [6, 6.07) is 56.1. The first-order chi connectivity index (χ1) is 56.7. The Morgan fingerprint density at radius 2 is 1.08 bits per heavy atom. The maximum atomic E-state index is 13.8. The van der Waals surface area contributed by atoms with Crippen molar-refractivity contribution in [3.8, 4) is 22.9 Å². The van der Waals surface area contributed by atoms with E-state index in [1.807, 2.05) is 100 Å². The molecule has 2 saturated heterocycles. The lowest BCUT2D eigenvalue weighted by molar-refractivity contribution is -0.145. The molecule has 6 aliphatic rings. The zero-order valence-corrected chi connectivity index (χ0v) is 65.7. The molecule has 25 nitrogen and oxygen atoms in total. The number of nitrogens with one attached hydrogen (secondary N) is 5. The zero-order chi connectivity index (χ0) is 81.2. The number of halogens is 3. The van der Waals surface area contributed by atoms with Crippen molar-refractivity contribution in [1.82, 2.24) is 69.7 Å². The Morgan fingerprint density at radius 3 is 1.62 bits per heavy atom. The van der Waals surface area contributed by atoms with Gasteiger partial charge in [0.2, 0.25) is 5.91 Å². The number of carbonyl (C=O) groups excluding carboxylic acids is 7. The van der Waals surface area contributed by atoms with E-state index < -0.39 is 17.9 Å². The molecule has 0 spiro atoms. The summed E-state index contributed by atoms with van der Waals surface area (Å²) in [5.41, 5.74) is 14.8. The average Bonchev–Trinajstić information content (AvgIpc) is 1.60. The lowest BCUT2D eigenvalue weighted by Crippen LogP contribution is -2.46. The normalized spacial score (nSPS) is 15.9. The van der Waals surface area contributed by atoms with E-state index in [9.17, 15) is 42.3 Å². The van der Waals surface area contributed by atoms with Crippen molar-refractivity contribution in [3.63, 3.8) is 0 Å². The second-order valence-corrected chi connectivity index (χ2v) is 30.2. The van der Waals surface area contributed by atoms with Gasteiger partial charge in [0, 0.05) is 127 Å². The Hall–Kier alpha value is -12.9. The van der Waals surface area contributed by atoms with Crippen molar-refractivity contribution in [2.45, 2.75) is 131 Å². The van der Waals surface area contributed by atoms with Gasteiger partial charge < -0.3 is 63.6 Å². The van der Waals surface area contributed by atoms with Crippen LogP contribution in [-0.2, 0) is 83.4 Å². The van der Waals surface area contributed by atoms with Gasteiger partial charge in [0.15, 0.2) is 11.6 Å². The van der Waals surface area contributed by atoms with Crippen molar-refractivity contribution in [2.75, 3.05) is 57.9 Å². The maximum Gasteiger partial charge on any atom is 0.338 e. The van der Waals surface area contributed by atoms with Crippen molar-refractivity contribution in [1.29, 1.82) is 0 Å². The molecule has 5 N–H and O–H groups in total. The van der Waals surface area contributed by atoms with Gasteiger partial charge in [-0.05, 0) is 140 Å². The number of piperazine rings is 1. The van der Waals surface area contributed by atoms with E-state index in [2.05, 4.69) is 86.7 Å². The molecule has 6 aliphatic heterocycles. The van der Waals surface area contributed by atoms with Crippen LogP contribution in [0.25, 0.3) is 67.0 Å². The fraction of sp³-hybridized carbons (Fsp3) is 0.308. The molecule has 5 aromatic heterocycles. The van der Waals surface area contributed by atoms with E-state index in [4.69, 9.17) is 35.5 Å². The summed E-state index contributed by atoms with van der Waals surface area (Å²) >= 11 is 6.25. The molecule has 2 bridgehead atoms. The quantitative estimate of drug-likeness (QED) is 0.0499. The van der Waals surface area contributed by atoms with Gasteiger partial charge in [-0.3, -0.25) is 28.9 Å². The first kappa shape index (κ1) is 82.6. The molecule has 2 fully saturated rings. The van der Waals surface area contributed by atoms with E-state index in [1.165, 1.54) is 43.0 Å². The fourth-order valence-corrected chi connectivity index (χ4v) is 16.8. The molecule has 3 unspecified atom stereocenters. The van der Waals surface area contributed by atoms with E-state index in [1.54, 1.807) is 55.5 Å². The number of anilines is 1. The summed E-state index contributed by atoms with van der Waals surface area (Å²) in [6.45, 7) is 13.0. The van der Waals surface area contributed by atoms with Gasteiger partial charge in [-0.25, -0.2) is 38.3 Å². The molecule has 19 rings (SSSR count). The summed E-state index contributed by atoms with van der Waals surface area (Å²) < 4.78 is 51.7. The summed E-state index contributed by atoms with van der Waals surface area (Å²) in [5.74, 6) is -0.126. The third-order valence-electron chi connectivity index (χ3n) is 22.1. The van der Waals surface area contributed by atoms with Crippen LogP contribution in [0.15, 0.2) is 186 Å². The summed E-state index contributed by atoms with van der Waals surface area (Å²) in [5, 5.41) is 14.8. The number of furan rings is 1. The van der Waals surface area contributed by atoms with Gasteiger partial charge in [-0.1, -0.05) is 111 Å². The van der Waals surface area contributed by atoms with Gasteiger partial charge in [0.25, 0.3) is 29.6 Å². The minimum absolute atomic E-state index is 0. The number of hydrogen-bond acceptors (Lipinski definition) is 16. The second kappa shape index (κ2) is 35.5. The number of benzene rings is 8. The molecule has 3 atom stereocenters. The number of hydrogen-bond donors (Lipinski definition) is 5. The lowest BCUT2D eigenvalue weighted by atomic mass is 10.0. The highest BCUT2D eigenvalue weighted by Crippen LogP contribution is 2.40. The Morgan fingerprint density at radius 1 is 0.563 bits per heavy atom. The van der Waals surface area contributed by atoms with Gasteiger partial charge in [0.05, 0.1) is 97.2 Å². The predicted molar refractivity (Wildman–Crippen MR) is 453 cm³/mol. The largest absolute Gasteiger partial charge is 0.467 e. The first-order valence-corrected chi connectivity index (χ1v) is 39.7. The molecule has 13 aromatic rings. The van der Waals surface area contributed by atoms with Gasteiger partial charge in [0.1, 0.15) is 29.3 Å². The molecule has 0 saturated carbocycles. The summed E-state index contributed by atoms with van der Waals surface area (Å²) in [7, 11) is 1.31. The molecule has 11 heterocycles. The van der Waals surface area contributed by atoms with E-state index in [0.29, 0.717) is 127 Å². The van der Waals surface area contributed by atoms with Gasteiger partial charge in [-0.15, -0.1) is 0 Å². The molecular formula is C91H94ClF2N15O10. The Bertz CT molecular complexity index is 6010.